The molecule has 22 heavy (non-hydrogen) atoms. The van der Waals surface area contributed by atoms with Gasteiger partial charge < -0.3 is 0 Å². The quantitative estimate of drug-likeness (QED) is 0.398. The Kier molecular flexibility index (Phi) is 62.6. The van der Waals surface area contributed by atoms with Crippen LogP contribution in [0.4, 0.5) is 0 Å². The Hall–Kier alpha value is -1.84. The van der Waals surface area contributed by atoms with Crippen molar-refractivity contribution in [2.75, 3.05) is 13.7 Å². The van der Waals surface area contributed by atoms with Gasteiger partial charge in [-0.3, -0.25) is 0 Å². The molecular formula is C14H10CrO7. The van der Waals surface area contributed by atoms with Crippen LogP contribution in [0.25, 0.3) is 0 Å². The van der Waals surface area contributed by atoms with E-state index >= 15 is 0 Å². The van der Waals surface area contributed by atoms with Gasteiger partial charge in [0.1, 0.15) is 0 Å². The van der Waals surface area contributed by atoms with E-state index in [1.165, 1.54) is 0 Å². The number of methoxy groups -OCH3 is 1. The Morgan fingerprint density at radius 1 is 1.09 bits per heavy atom. The Labute approximate surface area is 137 Å². The summed E-state index contributed by atoms with van der Waals surface area (Å²) in [5.74, 6) is 6.42. The molecule has 0 amide bonds. The van der Waals surface area contributed by atoms with E-state index in [9.17, 15) is 0 Å². The van der Waals surface area contributed by atoms with Crippen molar-refractivity contribution in [2.24, 2.45) is 0 Å². The fraction of sp³-hybridized carbons (Fsp3) is 0.286. The number of allylic oxidation sites excluding steroid dienone is 2. The van der Waals surface area contributed by atoms with Crippen LogP contribution in [0, 0.1) is 45.1 Å². The van der Waals surface area contributed by atoms with Gasteiger partial charge in [0.05, 0.1) is 0 Å². The van der Waals surface area contributed by atoms with Crippen molar-refractivity contribution >= 4 is 4.57 Å². The molecule has 0 N–H and O–H groups in total. The zero-order valence-electron chi connectivity index (χ0n) is 11.5. The molecule has 0 aromatic rings. The van der Waals surface area contributed by atoms with E-state index in [4.69, 9.17) is 32.7 Å². The van der Waals surface area contributed by atoms with Crippen LogP contribution in [-0.4, -0.2) is 18.3 Å². The van der Waals surface area contributed by atoms with Crippen LogP contribution in [-0.2, 0) is 48.6 Å². The molecule has 114 valence electrons. The summed E-state index contributed by atoms with van der Waals surface area (Å²) in [5, 5.41) is 0. The van der Waals surface area contributed by atoms with Crippen molar-refractivity contribution < 1.29 is 48.6 Å². The average Bonchev–Trinajstić information content (AvgIpc) is 2.68. The molecule has 7 nitrogen and oxygen atoms in total. The minimum atomic E-state index is 0.588. The molecule has 1 aliphatic heterocycles. The van der Waals surface area contributed by atoms with Crippen molar-refractivity contribution in [1.29, 1.82) is 0 Å². The number of hydrogen-bond donors (Lipinski definition) is 0. The SMILES string of the molecule is CO[C](=[Cr])C#CC1=CCCCO1.[C-]#[O+].[C-]#[O+].[C-]#[O+].[C-]#[O+].[C-]#[O+]. The Morgan fingerprint density at radius 3 is 1.86 bits per heavy atom. The normalized spacial score (nSPS) is 8.77. The number of hydrogen-bond acceptors (Lipinski definition) is 2. The van der Waals surface area contributed by atoms with Crippen LogP contribution in [0.3, 0.4) is 0 Å². The van der Waals surface area contributed by atoms with Crippen molar-refractivity contribution in [2.45, 2.75) is 12.8 Å². The zero-order valence-corrected chi connectivity index (χ0v) is 12.7. The summed E-state index contributed by atoms with van der Waals surface area (Å²) in [6.45, 7) is 23.3. The van der Waals surface area contributed by atoms with Gasteiger partial charge >= 0.3 is 137 Å². The first-order chi connectivity index (χ1) is 10.8. The second kappa shape index (κ2) is 42.7. The van der Waals surface area contributed by atoms with Crippen molar-refractivity contribution in [3.63, 3.8) is 0 Å². The molecule has 0 unspecified atom stereocenters. The van der Waals surface area contributed by atoms with E-state index in [1.54, 1.807) is 7.11 Å². The van der Waals surface area contributed by atoms with Gasteiger partial charge in [-0.15, -0.1) is 0 Å². The molecule has 1 aliphatic rings. The maximum absolute atomic E-state index is 7.50. The van der Waals surface area contributed by atoms with E-state index < -0.39 is 0 Å². The molecule has 0 bridgehead atoms. The van der Waals surface area contributed by atoms with E-state index in [0.29, 0.717) is 4.57 Å². The van der Waals surface area contributed by atoms with Crippen LogP contribution in [0.15, 0.2) is 11.8 Å². The van der Waals surface area contributed by atoms with Gasteiger partial charge in [-0.2, -0.15) is 0 Å². The topological polar surface area (TPSA) is 118 Å². The van der Waals surface area contributed by atoms with Gasteiger partial charge in [0.15, 0.2) is 0 Å². The van der Waals surface area contributed by atoms with Crippen LogP contribution in [0.1, 0.15) is 12.8 Å². The molecule has 0 fully saturated rings. The number of rotatable bonds is 1. The zero-order chi connectivity index (χ0) is 18.8. The molecule has 0 atom stereocenters. The Balaban J connectivity index is -0.0000000822. The van der Waals surface area contributed by atoms with Gasteiger partial charge in [0.2, 0.25) is 0 Å². The molecule has 0 aromatic heterocycles. The first kappa shape index (κ1) is 32.2. The third-order valence-corrected chi connectivity index (χ3v) is 1.83. The van der Waals surface area contributed by atoms with Gasteiger partial charge in [0.25, 0.3) is 0 Å². The summed E-state index contributed by atoms with van der Waals surface area (Å²) in [5.41, 5.74) is 0. The molecular weight excluding hydrogens is 332 g/mol. The molecule has 0 radical (unpaired) electrons. The summed E-state index contributed by atoms with van der Waals surface area (Å²) in [6, 6.07) is 0. The molecule has 1 heterocycles. The van der Waals surface area contributed by atoms with Gasteiger partial charge in [-0.1, -0.05) is 0 Å². The van der Waals surface area contributed by atoms with Crippen LogP contribution < -0.4 is 0 Å². The van der Waals surface area contributed by atoms with Gasteiger partial charge in [-0.25, -0.2) is 0 Å². The monoisotopic (exact) mass is 342 g/mol. The van der Waals surface area contributed by atoms with Crippen molar-refractivity contribution in [3.05, 3.63) is 45.1 Å². The second-order valence-corrected chi connectivity index (χ2v) is 2.88. The van der Waals surface area contributed by atoms with E-state index in [-0.39, 0.29) is 0 Å². The molecule has 8 heteroatoms. The summed E-state index contributed by atoms with van der Waals surface area (Å²) in [7, 11) is 1.58. The summed E-state index contributed by atoms with van der Waals surface area (Å²) in [6.07, 6.45) is 4.14. The molecule has 0 saturated carbocycles. The Bertz CT molecular complexity index is 409. The van der Waals surface area contributed by atoms with Gasteiger partial charge in [0, 0.05) is 0 Å². The first-order valence-electron chi connectivity index (χ1n) is 4.78. The van der Waals surface area contributed by atoms with E-state index in [1.807, 2.05) is 6.08 Å². The summed E-state index contributed by atoms with van der Waals surface area (Å²) in [4.78, 5) is 0. The molecule has 1 rings (SSSR count). The predicted octanol–water partition coefficient (Wildman–Crippen LogP) is 0.820. The summed E-state index contributed by atoms with van der Waals surface area (Å²) >= 11 is 2.70. The Morgan fingerprint density at radius 2 is 1.55 bits per heavy atom. The van der Waals surface area contributed by atoms with Crippen molar-refractivity contribution in [1.82, 2.24) is 0 Å². The minimum absolute atomic E-state index is 0.588. The number of ether oxygens (including phenoxy) is 2. The van der Waals surface area contributed by atoms with Crippen LogP contribution in [0.2, 0.25) is 0 Å². The predicted molar refractivity (Wildman–Crippen MR) is 62.7 cm³/mol. The third-order valence-electron chi connectivity index (χ3n) is 1.41. The molecule has 0 aromatic carbocycles. The standard InChI is InChI=1S/C9H10O2.5CO.Cr/c1-10-7-4-6-9-5-2-3-8-11-9;5*1-2;/h5H,2-3,8H2,1H3;;;;;;. The fourth-order valence-electron chi connectivity index (χ4n) is 0.808. The third kappa shape index (κ3) is 30.9. The fourth-order valence-corrected chi connectivity index (χ4v) is 0.888. The van der Waals surface area contributed by atoms with E-state index in [2.05, 4.69) is 60.9 Å². The van der Waals surface area contributed by atoms with E-state index in [0.717, 1.165) is 25.2 Å². The van der Waals surface area contributed by atoms with Crippen LogP contribution >= 0.6 is 0 Å². The molecule has 0 aliphatic carbocycles. The molecule has 0 spiro atoms. The first-order valence-corrected chi connectivity index (χ1v) is 5.41. The van der Waals surface area contributed by atoms with Crippen LogP contribution in [0.5, 0.6) is 0 Å². The van der Waals surface area contributed by atoms with Gasteiger partial charge in [-0.05, 0) is 0 Å². The average molecular weight is 342 g/mol. The maximum atomic E-state index is 7.50. The summed E-state index contributed by atoms with van der Waals surface area (Å²) < 4.78 is 48.2. The van der Waals surface area contributed by atoms with Crippen molar-refractivity contribution in [3.8, 4) is 11.8 Å². The molecule has 0 saturated heterocycles. The second-order valence-electron chi connectivity index (χ2n) is 2.30.